The quantitative estimate of drug-likeness (QED) is 0.529. The van der Waals surface area contributed by atoms with Crippen molar-refractivity contribution >= 4 is 16.7 Å². The largest absolute Gasteiger partial charge is 0.493 e. The molecule has 0 bridgehead atoms. The van der Waals surface area contributed by atoms with Crippen LogP contribution in [0.1, 0.15) is 29.8 Å². The molecule has 2 heterocycles. The molecule has 8 nitrogen and oxygen atoms in total. The third kappa shape index (κ3) is 3.86. The Morgan fingerprint density at radius 1 is 0.848 bits per heavy atom. The van der Waals surface area contributed by atoms with E-state index in [2.05, 4.69) is 0 Å². The van der Waals surface area contributed by atoms with Crippen LogP contribution in [0.15, 0.2) is 41.2 Å². The van der Waals surface area contributed by atoms with Crippen LogP contribution in [0.4, 0.5) is 0 Å². The number of benzene rings is 2. The summed E-state index contributed by atoms with van der Waals surface area (Å²) >= 11 is 0. The molecule has 0 unspecified atom stereocenters. The van der Waals surface area contributed by atoms with E-state index in [0.717, 1.165) is 19.3 Å². The molecular weight excluding hydrogens is 424 g/mol. The molecule has 0 aliphatic carbocycles. The number of hydrogen-bond donors (Lipinski definition) is 0. The van der Waals surface area contributed by atoms with Gasteiger partial charge in [0.05, 0.1) is 28.4 Å². The molecule has 0 radical (unpaired) electrons. The third-order valence-corrected chi connectivity index (χ3v) is 6.02. The number of ether oxygens (including phenoxy) is 4. The predicted octanol–water partition coefficient (Wildman–Crippen LogP) is 3.60. The van der Waals surface area contributed by atoms with Crippen LogP contribution in [0.2, 0.25) is 0 Å². The molecule has 1 saturated heterocycles. The van der Waals surface area contributed by atoms with Gasteiger partial charge in [-0.2, -0.15) is 0 Å². The molecule has 0 saturated carbocycles. The Morgan fingerprint density at radius 3 is 2.00 bits per heavy atom. The van der Waals surface area contributed by atoms with E-state index < -0.39 is 5.97 Å². The van der Waals surface area contributed by atoms with Crippen molar-refractivity contribution in [2.75, 3.05) is 46.5 Å². The highest BCUT2D eigenvalue weighted by molar-refractivity contribution is 6.07. The average Bonchev–Trinajstić information content (AvgIpc) is 2.87. The van der Waals surface area contributed by atoms with E-state index in [9.17, 15) is 9.59 Å². The van der Waals surface area contributed by atoms with Crippen LogP contribution < -0.4 is 24.8 Å². The van der Waals surface area contributed by atoms with Crippen molar-refractivity contribution in [3.63, 3.8) is 0 Å². The highest BCUT2D eigenvalue weighted by atomic mass is 16.5. The molecule has 1 aromatic heterocycles. The maximum absolute atomic E-state index is 13.6. The summed E-state index contributed by atoms with van der Waals surface area (Å²) in [6.07, 6.45) is 2.98. The number of carbonyl (C=O) groups excluding carboxylic acids is 1. The Bertz CT molecular complexity index is 1220. The van der Waals surface area contributed by atoms with Crippen molar-refractivity contribution < 1.29 is 23.7 Å². The molecular formula is C25H28N2O6. The van der Waals surface area contributed by atoms with E-state index in [1.165, 1.54) is 33.1 Å². The lowest BCUT2D eigenvalue weighted by Crippen LogP contribution is -2.48. The van der Waals surface area contributed by atoms with Gasteiger partial charge in [-0.3, -0.25) is 4.79 Å². The molecule has 0 atom stereocenters. The summed E-state index contributed by atoms with van der Waals surface area (Å²) < 4.78 is 23.2. The predicted molar refractivity (Wildman–Crippen MR) is 126 cm³/mol. The van der Waals surface area contributed by atoms with E-state index in [1.54, 1.807) is 18.2 Å². The van der Waals surface area contributed by atoms with Gasteiger partial charge in [0.2, 0.25) is 5.75 Å². The average molecular weight is 453 g/mol. The zero-order chi connectivity index (χ0) is 23.5. The molecule has 174 valence electrons. The van der Waals surface area contributed by atoms with Crippen LogP contribution in [0.25, 0.3) is 21.9 Å². The van der Waals surface area contributed by atoms with E-state index in [-0.39, 0.29) is 11.3 Å². The Morgan fingerprint density at radius 2 is 1.45 bits per heavy atom. The Labute approximate surface area is 192 Å². The van der Waals surface area contributed by atoms with Crippen LogP contribution >= 0.6 is 0 Å². The first-order valence-electron chi connectivity index (χ1n) is 10.9. The molecule has 0 N–H and O–H groups in total. The number of fused-ring (bicyclic) bond motifs is 1. The van der Waals surface area contributed by atoms with Gasteiger partial charge in [-0.05, 0) is 48.4 Å². The summed E-state index contributed by atoms with van der Waals surface area (Å²) in [7, 11) is 5.93. The van der Waals surface area contributed by atoms with E-state index in [0.29, 0.717) is 52.2 Å². The SMILES string of the molecule is COC(=O)c1c(-c2cc(OC)c(OC)c(OC)c2)c2ccccc2c(=O)n1N1CCCCC1. The zero-order valence-corrected chi connectivity index (χ0v) is 19.3. The van der Waals surface area contributed by atoms with Gasteiger partial charge < -0.3 is 24.0 Å². The first kappa shape index (κ1) is 22.5. The van der Waals surface area contributed by atoms with E-state index in [1.807, 2.05) is 23.2 Å². The monoisotopic (exact) mass is 452 g/mol. The lowest BCUT2D eigenvalue weighted by Gasteiger charge is -2.33. The fourth-order valence-corrected chi connectivity index (χ4v) is 4.49. The lowest BCUT2D eigenvalue weighted by atomic mass is 9.96. The van der Waals surface area contributed by atoms with E-state index in [4.69, 9.17) is 18.9 Å². The maximum atomic E-state index is 13.6. The molecule has 33 heavy (non-hydrogen) atoms. The van der Waals surface area contributed by atoms with E-state index >= 15 is 0 Å². The number of nitrogens with zero attached hydrogens (tertiary/aromatic N) is 2. The normalized spacial score (nSPS) is 13.6. The van der Waals surface area contributed by atoms with Gasteiger partial charge >= 0.3 is 5.97 Å². The maximum Gasteiger partial charge on any atom is 0.357 e. The second-order valence-electron chi connectivity index (χ2n) is 7.81. The zero-order valence-electron chi connectivity index (χ0n) is 19.3. The van der Waals surface area contributed by atoms with Gasteiger partial charge in [0.15, 0.2) is 17.2 Å². The standard InChI is InChI=1S/C25H28N2O6/c1-30-19-14-16(15-20(31-2)23(19)32-3)21-17-10-6-7-11-18(17)24(28)27(22(21)25(29)33-4)26-12-8-5-9-13-26/h6-7,10-11,14-15H,5,8-9,12-13H2,1-4H3. The fraction of sp³-hybridized carbons (Fsp3) is 0.360. The van der Waals surface area contributed by atoms with Crippen molar-refractivity contribution in [3.05, 3.63) is 52.4 Å². The number of hydrogen-bond acceptors (Lipinski definition) is 7. The van der Waals surface area contributed by atoms with Crippen LogP contribution in [0.5, 0.6) is 17.2 Å². The fourth-order valence-electron chi connectivity index (χ4n) is 4.49. The summed E-state index contributed by atoms with van der Waals surface area (Å²) in [5.74, 6) is 0.745. The molecule has 4 rings (SSSR count). The minimum absolute atomic E-state index is 0.178. The first-order chi connectivity index (χ1) is 16.0. The summed E-state index contributed by atoms with van der Waals surface area (Å²) in [6.45, 7) is 1.36. The molecule has 1 aliphatic rings. The molecule has 8 heteroatoms. The summed E-state index contributed by atoms with van der Waals surface area (Å²) in [5, 5.41) is 3.09. The topological polar surface area (TPSA) is 79.2 Å². The number of rotatable bonds is 6. The van der Waals surface area contributed by atoms with Crippen molar-refractivity contribution in [3.8, 4) is 28.4 Å². The molecule has 1 aliphatic heterocycles. The van der Waals surface area contributed by atoms with Gasteiger partial charge in [-0.15, -0.1) is 0 Å². The minimum Gasteiger partial charge on any atom is -0.493 e. The highest BCUT2D eigenvalue weighted by Gasteiger charge is 2.29. The number of piperidine rings is 1. The molecule has 3 aromatic rings. The van der Waals surface area contributed by atoms with Gasteiger partial charge in [-0.1, -0.05) is 18.2 Å². The molecule has 1 fully saturated rings. The van der Waals surface area contributed by atoms with Crippen molar-refractivity contribution in [2.45, 2.75) is 19.3 Å². The van der Waals surface area contributed by atoms with Crippen LogP contribution in [0.3, 0.4) is 0 Å². The summed E-state index contributed by atoms with van der Waals surface area (Å²) in [5.41, 5.74) is 1.15. The number of esters is 1. The van der Waals surface area contributed by atoms with Crippen LogP contribution in [-0.2, 0) is 4.74 Å². The number of aromatic nitrogens is 1. The highest BCUT2D eigenvalue weighted by Crippen LogP contribution is 2.43. The van der Waals surface area contributed by atoms with Gasteiger partial charge in [0.1, 0.15) is 0 Å². The summed E-state index contributed by atoms with van der Waals surface area (Å²) in [6, 6.07) is 10.8. The second-order valence-corrected chi connectivity index (χ2v) is 7.81. The summed E-state index contributed by atoms with van der Waals surface area (Å²) in [4.78, 5) is 26.8. The van der Waals surface area contributed by atoms with Gasteiger partial charge in [0, 0.05) is 24.0 Å². The smallest absolute Gasteiger partial charge is 0.357 e. The molecule has 2 aromatic carbocycles. The molecule has 0 amide bonds. The van der Waals surface area contributed by atoms with Crippen molar-refractivity contribution in [2.24, 2.45) is 0 Å². The van der Waals surface area contributed by atoms with Gasteiger partial charge in [-0.25, -0.2) is 9.47 Å². The molecule has 0 spiro atoms. The second kappa shape index (κ2) is 9.44. The Balaban J connectivity index is 2.15. The number of carbonyl (C=O) groups is 1. The Hall–Kier alpha value is -3.68. The minimum atomic E-state index is -0.591. The van der Waals surface area contributed by atoms with Crippen molar-refractivity contribution in [1.82, 2.24) is 4.68 Å². The Kier molecular flexibility index (Phi) is 6.44. The third-order valence-electron chi connectivity index (χ3n) is 6.02. The number of pyridine rings is 1. The van der Waals surface area contributed by atoms with Crippen LogP contribution in [-0.4, -0.2) is 52.2 Å². The number of methoxy groups -OCH3 is 4. The van der Waals surface area contributed by atoms with Crippen LogP contribution in [0, 0.1) is 0 Å². The first-order valence-corrected chi connectivity index (χ1v) is 10.9. The van der Waals surface area contributed by atoms with Gasteiger partial charge in [0.25, 0.3) is 5.56 Å². The van der Waals surface area contributed by atoms with Crippen molar-refractivity contribution in [1.29, 1.82) is 0 Å². The lowest BCUT2D eigenvalue weighted by molar-refractivity contribution is 0.0587.